The zero-order valence-corrected chi connectivity index (χ0v) is 13.1. The molecule has 2 rings (SSSR count). The molecule has 21 heavy (non-hydrogen) atoms. The van der Waals surface area contributed by atoms with Crippen molar-refractivity contribution < 1.29 is 4.74 Å². The van der Waals surface area contributed by atoms with Gasteiger partial charge in [-0.3, -0.25) is 0 Å². The lowest BCUT2D eigenvalue weighted by molar-refractivity contribution is 0.340. The third-order valence-electron chi connectivity index (χ3n) is 3.16. The second-order valence-electron chi connectivity index (χ2n) is 5.37. The van der Waals surface area contributed by atoms with Crippen LogP contribution in [0.4, 0.5) is 5.69 Å². The molecule has 0 unspecified atom stereocenters. The van der Waals surface area contributed by atoms with Crippen LogP contribution in [0.2, 0.25) is 0 Å². The summed E-state index contributed by atoms with van der Waals surface area (Å²) in [6.07, 6.45) is 0. The molecular formula is C18H24N2O. The number of ether oxygens (including phenoxy) is 1. The molecule has 1 N–H and O–H groups in total. The molecule has 0 aliphatic rings. The van der Waals surface area contributed by atoms with Crippen LogP contribution in [0.1, 0.15) is 18.1 Å². The number of hydrogen-bond donors (Lipinski definition) is 1. The van der Waals surface area contributed by atoms with Crippen molar-refractivity contribution in [1.29, 1.82) is 0 Å². The highest BCUT2D eigenvalue weighted by molar-refractivity contribution is 5.45. The van der Waals surface area contributed by atoms with E-state index in [0.717, 1.165) is 24.5 Å². The third kappa shape index (κ3) is 5.12. The number of benzene rings is 2. The minimum Gasteiger partial charge on any atom is -0.494 e. The molecule has 0 spiro atoms. The largest absolute Gasteiger partial charge is 0.494 e. The minimum atomic E-state index is 0.699. The number of hydrogen-bond acceptors (Lipinski definition) is 3. The molecule has 0 aliphatic carbocycles. The summed E-state index contributed by atoms with van der Waals surface area (Å²) in [6.45, 7) is 4.47. The maximum absolute atomic E-state index is 5.52. The molecular weight excluding hydrogens is 260 g/mol. The van der Waals surface area contributed by atoms with E-state index in [-0.39, 0.29) is 0 Å². The normalized spacial score (nSPS) is 10.7. The van der Waals surface area contributed by atoms with Crippen LogP contribution >= 0.6 is 0 Å². The van der Waals surface area contributed by atoms with Crippen molar-refractivity contribution >= 4 is 5.69 Å². The Morgan fingerprint density at radius 2 is 1.76 bits per heavy atom. The average Bonchev–Trinajstić information content (AvgIpc) is 2.47. The third-order valence-corrected chi connectivity index (χ3v) is 3.16. The van der Waals surface area contributed by atoms with E-state index < -0.39 is 0 Å². The van der Waals surface area contributed by atoms with Gasteiger partial charge in [-0.2, -0.15) is 0 Å². The molecule has 3 heteroatoms. The van der Waals surface area contributed by atoms with Gasteiger partial charge < -0.3 is 15.0 Å². The molecule has 0 radical (unpaired) electrons. The molecule has 0 saturated carbocycles. The molecule has 0 heterocycles. The van der Waals surface area contributed by atoms with Crippen LogP contribution in [0.5, 0.6) is 5.75 Å². The highest BCUT2D eigenvalue weighted by atomic mass is 16.5. The second kappa shape index (κ2) is 7.70. The Labute approximate surface area is 127 Å². The van der Waals surface area contributed by atoms with Crippen molar-refractivity contribution in [2.24, 2.45) is 0 Å². The molecule has 3 nitrogen and oxygen atoms in total. The first-order valence-corrected chi connectivity index (χ1v) is 7.36. The van der Waals surface area contributed by atoms with Crippen molar-refractivity contribution in [1.82, 2.24) is 4.90 Å². The highest BCUT2D eigenvalue weighted by Gasteiger charge is 1.99. The van der Waals surface area contributed by atoms with Gasteiger partial charge in [-0.25, -0.2) is 0 Å². The van der Waals surface area contributed by atoms with Gasteiger partial charge >= 0.3 is 0 Å². The van der Waals surface area contributed by atoms with Crippen molar-refractivity contribution in [3.63, 3.8) is 0 Å². The van der Waals surface area contributed by atoms with Crippen LogP contribution in [0.3, 0.4) is 0 Å². The summed E-state index contributed by atoms with van der Waals surface area (Å²) in [5.74, 6) is 0.929. The molecule has 112 valence electrons. The van der Waals surface area contributed by atoms with Gasteiger partial charge in [-0.1, -0.05) is 24.3 Å². The molecule has 0 amide bonds. The van der Waals surface area contributed by atoms with Gasteiger partial charge in [-0.15, -0.1) is 0 Å². The Kier molecular flexibility index (Phi) is 5.64. The fourth-order valence-electron chi connectivity index (χ4n) is 2.21. The molecule has 0 aromatic heterocycles. The second-order valence-corrected chi connectivity index (χ2v) is 5.37. The molecule has 0 atom stereocenters. The van der Waals surface area contributed by atoms with E-state index in [1.165, 1.54) is 11.1 Å². The summed E-state index contributed by atoms with van der Waals surface area (Å²) < 4.78 is 5.52. The first kappa shape index (κ1) is 15.4. The monoisotopic (exact) mass is 284 g/mol. The quantitative estimate of drug-likeness (QED) is 0.838. The summed E-state index contributed by atoms with van der Waals surface area (Å²) >= 11 is 0. The van der Waals surface area contributed by atoms with E-state index in [1.54, 1.807) is 0 Å². The van der Waals surface area contributed by atoms with Gasteiger partial charge in [0, 0.05) is 18.8 Å². The first-order valence-electron chi connectivity index (χ1n) is 7.36. The van der Waals surface area contributed by atoms with Crippen LogP contribution in [0.15, 0.2) is 48.5 Å². The highest BCUT2D eigenvalue weighted by Crippen LogP contribution is 2.16. The Hall–Kier alpha value is -2.00. The Bertz CT molecular complexity index is 549. The van der Waals surface area contributed by atoms with E-state index in [9.17, 15) is 0 Å². The number of rotatable bonds is 7. The Balaban J connectivity index is 1.91. The molecule has 0 fully saturated rings. The Morgan fingerprint density at radius 1 is 1.00 bits per heavy atom. The smallest absolute Gasteiger partial charge is 0.119 e. The maximum atomic E-state index is 5.52. The molecule has 2 aromatic rings. The fourth-order valence-corrected chi connectivity index (χ4v) is 2.21. The van der Waals surface area contributed by atoms with Gasteiger partial charge in [0.1, 0.15) is 5.75 Å². The van der Waals surface area contributed by atoms with E-state index >= 15 is 0 Å². The van der Waals surface area contributed by atoms with Gasteiger partial charge in [0.2, 0.25) is 0 Å². The SMILES string of the molecule is CCOc1cccc(CNc2ccc(CN(C)C)cc2)c1. The first-order chi connectivity index (χ1) is 10.2. The molecule has 0 bridgehead atoms. The summed E-state index contributed by atoms with van der Waals surface area (Å²) in [5, 5.41) is 3.44. The van der Waals surface area contributed by atoms with Crippen molar-refractivity contribution in [2.75, 3.05) is 26.0 Å². The van der Waals surface area contributed by atoms with Crippen LogP contribution in [-0.4, -0.2) is 25.6 Å². The Morgan fingerprint density at radius 3 is 2.43 bits per heavy atom. The van der Waals surface area contributed by atoms with Gasteiger partial charge in [0.15, 0.2) is 0 Å². The van der Waals surface area contributed by atoms with Crippen LogP contribution in [0.25, 0.3) is 0 Å². The van der Waals surface area contributed by atoms with Crippen LogP contribution in [0, 0.1) is 0 Å². The number of nitrogens with zero attached hydrogens (tertiary/aromatic N) is 1. The zero-order valence-electron chi connectivity index (χ0n) is 13.1. The summed E-state index contributed by atoms with van der Waals surface area (Å²) in [5.41, 5.74) is 3.68. The summed E-state index contributed by atoms with van der Waals surface area (Å²) in [6, 6.07) is 16.8. The van der Waals surface area contributed by atoms with Crippen molar-refractivity contribution in [3.8, 4) is 5.75 Å². The lowest BCUT2D eigenvalue weighted by atomic mass is 10.2. The zero-order chi connectivity index (χ0) is 15.1. The fraction of sp³-hybridized carbons (Fsp3) is 0.333. The lowest BCUT2D eigenvalue weighted by Gasteiger charge is -2.11. The van der Waals surface area contributed by atoms with Crippen LogP contribution in [-0.2, 0) is 13.1 Å². The molecule has 0 saturated heterocycles. The van der Waals surface area contributed by atoms with E-state index in [1.807, 2.05) is 19.1 Å². The van der Waals surface area contributed by atoms with E-state index in [2.05, 4.69) is 60.7 Å². The van der Waals surface area contributed by atoms with Crippen molar-refractivity contribution in [2.45, 2.75) is 20.0 Å². The molecule has 2 aromatic carbocycles. The predicted octanol–water partition coefficient (Wildman–Crippen LogP) is 3.76. The predicted molar refractivity (Wildman–Crippen MR) is 88.8 cm³/mol. The lowest BCUT2D eigenvalue weighted by Crippen LogP contribution is -2.10. The molecule has 0 aliphatic heterocycles. The van der Waals surface area contributed by atoms with Crippen molar-refractivity contribution in [3.05, 3.63) is 59.7 Å². The van der Waals surface area contributed by atoms with Gasteiger partial charge in [0.05, 0.1) is 6.61 Å². The van der Waals surface area contributed by atoms with Gasteiger partial charge in [-0.05, 0) is 56.4 Å². The minimum absolute atomic E-state index is 0.699. The summed E-state index contributed by atoms with van der Waals surface area (Å²) in [7, 11) is 4.16. The van der Waals surface area contributed by atoms with Gasteiger partial charge in [0.25, 0.3) is 0 Å². The van der Waals surface area contributed by atoms with E-state index in [4.69, 9.17) is 4.74 Å². The standard InChI is InChI=1S/C18H24N2O/c1-4-21-18-7-5-6-16(12-18)13-19-17-10-8-15(9-11-17)14-20(2)3/h5-12,19H,4,13-14H2,1-3H3. The van der Waals surface area contributed by atoms with Crippen LogP contribution < -0.4 is 10.1 Å². The van der Waals surface area contributed by atoms with E-state index in [0.29, 0.717) is 6.61 Å². The average molecular weight is 284 g/mol. The number of nitrogens with one attached hydrogen (secondary N) is 1. The summed E-state index contributed by atoms with van der Waals surface area (Å²) in [4.78, 5) is 2.17. The topological polar surface area (TPSA) is 24.5 Å². The number of anilines is 1. The maximum Gasteiger partial charge on any atom is 0.119 e.